The molecule has 4 heteroatoms. The first-order valence-corrected chi connectivity index (χ1v) is 6.81. The molecular weight excluding hydrogens is 234 g/mol. The van der Waals surface area contributed by atoms with E-state index in [0.717, 1.165) is 30.1 Å². The van der Waals surface area contributed by atoms with Gasteiger partial charge in [-0.2, -0.15) is 5.10 Å². The molecule has 1 aromatic rings. The fourth-order valence-corrected chi connectivity index (χ4v) is 2.61. The zero-order valence-corrected chi connectivity index (χ0v) is 12.3. The third-order valence-electron chi connectivity index (χ3n) is 3.47. The summed E-state index contributed by atoms with van der Waals surface area (Å²) < 4.78 is 2.02. The van der Waals surface area contributed by atoms with Crippen molar-refractivity contribution in [1.29, 1.82) is 0 Å². The van der Waals surface area contributed by atoms with Crippen molar-refractivity contribution < 1.29 is 0 Å². The molecule has 0 aromatic carbocycles. The number of aryl methyl sites for hydroxylation is 2. The lowest BCUT2D eigenvalue weighted by atomic mass is 9.94. The molecule has 2 unspecified atom stereocenters. The normalized spacial score (nSPS) is 14.9. The van der Waals surface area contributed by atoms with Gasteiger partial charge in [-0.05, 0) is 39.7 Å². The van der Waals surface area contributed by atoms with Crippen molar-refractivity contribution in [2.75, 3.05) is 7.05 Å². The maximum absolute atomic E-state index is 6.32. The monoisotopic (exact) mass is 257 g/mol. The lowest BCUT2D eigenvalue weighted by molar-refractivity contribution is 0.378. The highest BCUT2D eigenvalue weighted by Crippen LogP contribution is 2.24. The second-order valence-electron chi connectivity index (χ2n) is 4.65. The van der Waals surface area contributed by atoms with Crippen molar-refractivity contribution in [3.8, 4) is 0 Å². The molecule has 1 N–H and O–H groups in total. The average Bonchev–Trinajstić information content (AvgIpc) is 2.58. The van der Waals surface area contributed by atoms with Crippen molar-refractivity contribution in [3.63, 3.8) is 0 Å². The van der Waals surface area contributed by atoms with Crippen LogP contribution in [-0.2, 0) is 13.0 Å². The third-order valence-corrected chi connectivity index (χ3v) is 3.96. The van der Waals surface area contributed by atoms with Crippen molar-refractivity contribution >= 4 is 11.6 Å². The summed E-state index contributed by atoms with van der Waals surface area (Å²) in [6, 6.07) is 0.534. The van der Waals surface area contributed by atoms with E-state index in [0.29, 0.717) is 12.0 Å². The summed E-state index contributed by atoms with van der Waals surface area (Å²) in [4.78, 5) is 0. The highest BCUT2D eigenvalue weighted by atomic mass is 35.5. The van der Waals surface area contributed by atoms with Crippen LogP contribution < -0.4 is 5.32 Å². The molecule has 0 saturated carbocycles. The Hall–Kier alpha value is -0.540. The van der Waals surface area contributed by atoms with E-state index >= 15 is 0 Å². The minimum Gasteiger partial charge on any atom is -0.317 e. The molecule has 0 spiro atoms. The van der Waals surface area contributed by atoms with E-state index in [1.807, 2.05) is 18.7 Å². The molecule has 0 aliphatic carbocycles. The summed E-state index contributed by atoms with van der Waals surface area (Å²) in [7, 11) is 2.02. The second-order valence-corrected chi connectivity index (χ2v) is 5.02. The van der Waals surface area contributed by atoms with E-state index in [2.05, 4.69) is 31.2 Å². The smallest absolute Gasteiger partial charge is 0.0847 e. The molecule has 1 aromatic heterocycles. The zero-order valence-electron chi connectivity index (χ0n) is 11.5. The van der Waals surface area contributed by atoms with Crippen molar-refractivity contribution in [1.82, 2.24) is 15.1 Å². The van der Waals surface area contributed by atoms with E-state index in [9.17, 15) is 0 Å². The molecule has 0 fully saturated rings. The zero-order chi connectivity index (χ0) is 13.0. The standard InChI is InChI=1S/C13H24ClN3/c1-6-11(15-5)9(3)8-12-13(14)10(4)16-17(12)7-2/h9,11,15H,6-8H2,1-5H3. The van der Waals surface area contributed by atoms with Gasteiger partial charge in [-0.1, -0.05) is 25.4 Å². The van der Waals surface area contributed by atoms with Crippen molar-refractivity contribution in [2.45, 2.75) is 53.1 Å². The minimum atomic E-state index is 0.534. The van der Waals surface area contributed by atoms with Crippen LogP contribution in [0.25, 0.3) is 0 Å². The summed E-state index contributed by atoms with van der Waals surface area (Å²) in [5, 5.41) is 8.66. The number of halogens is 1. The molecule has 17 heavy (non-hydrogen) atoms. The van der Waals surface area contributed by atoms with Gasteiger partial charge in [0, 0.05) is 12.6 Å². The van der Waals surface area contributed by atoms with Gasteiger partial charge in [0.2, 0.25) is 0 Å². The Morgan fingerprint density at radius 2 is 2.06 bits per heavy atom. The molecule has 0 aliphatic heterocycles. The van der Waals surface area contributed by atoms with Gasteiger partial charge in [-0.15, -0.1) is 0 Å². The first kappa shape index (κ1) is 14.5. The van der Waals surface area contributed by atoms with Crippen LogP contribution in [0.15, 0.2) is 0 Å². The van der Waals surface area contributed by atoms with Gasteiger partial charge in [-0.3, -0.25) is 4.68 Å². The van der Waals surface area contributed by atoms with Crippen LogP contribution in [0, 0.1) is 12.8 Å². The Bertz CT molecular complexity index is 356. The Morgan fingerprint density at radius 3 is 2.53 bits per heavy atom. The lowest BCUT2D eigenvalue weighted by Gasteiger charge is -2.22. The van der Waals surface area contributed by atoms with Crippen molar-refractivity contribution in [2.24, 2.45) is 5.92 Å². The van der Waals surface area contributed by atoms with Crippen LogP contribution in [0.1, 0.15) is 38.6 Å². The number of nitrogens with zero attached hydrogens (tertiary/aromatic N) is 2. The van der Waals surface area contributed by atoms with Crippen LogP contribution in [0.5, 0.6) is 0 Å². The predicted octanol–water partition coefficient (Wildman–Crippen LogP) is 3.04. The van der Waals surface area contributed by atoms with E-state index in [-0.39, 0.29) is 0 Å². The van der Waals surface area contributed by atoms with Gasteiger partial charge in [-0.25, -0.2) is 0 Å². The van der Waals surface area contributed by atoms with Gasteiger partial charge < -0.3 is 5.32 Å². The maximum atomic E-state index is 6.32. The van der Waals surface area contributed by atoms with E-state index in [1.165, 1.54) is 5.69 Å². The molecule has 98 valence electrons. The Morgan fingerprint density at radius 1 is 1.41 bits per heavy atom. The van der Waals surface area contributed by atoms with Gasteiger partial charge in [0.25, 0.3) is 0 Å². The molecule has 0 bridgehead atoms. The topological polar surface area (TPSA) is 29.9 Å². The molecule has 1 rings (SSSR count). The summed E-state index contributed by atoms with van der Waals surface area (Å²) in [6.07, 6.45) is 2.11. The van der Waals surface area contributed by atoms with E-state index < -0.39 is 0 Å². The Kier molecular flexibility index (Phi) is 5.47. The first-order chi connectivity index (χ1) is 8.04. The molecule has 0 amide bonds. The van der Waals surface area contributed by atoms with Crippen LogP contribution in [-0.4, -0.2) is 22.9 Å². The average molecular weight is 258 g/mol. The number of nitrogens with one attached hydrogen (secondary N) is 1. The molecule has 0 saturated heterocycles. The fraction of sp³-hybridized carbons (Fsp3) is 0.769. The summed E-state index contributed by atoms with van der Waals surface area (Å²) in [5.74, 6) is 0.559. The highest BCUT2D eigenvalue weighted by molar-refractivity contribution is 6.31. The summed E-state index contributed by atoms with van der Waals surface area (Å²) in [5.41, 5.74) is 2.11. The molecule has 3 nitrogen and oxygen atoms in total. The molecule has 2 atom stereocenters. The highest BCUT2D eigenvalue weighted by Gasteiger charge is 2.19. The van der Waals surface area contributed by atoms with Crippen molar-refractivity contribution in [3.05, 3.63) is 16.4 Å². The predicted molar refractivity (Wildman–Crippen MR) is 73.7 cm³/mol. The van der Waals surface area contributed by atoms with Gasteiger partial charge in [0.05, 0.1) is 16.4 Å². The summed E-state index contributed by atoms with van der Waals surface area (Å²) >= 11 is 6.32. The summed E-state index contributed by atoms with van der Waals surface area (Å²) in [6.45, 7) is 9.43. The van der Waals surface area contributed by atoms with Gasteiger partial charge in [0.15, 0.2) is 0 Å². The van der Waals surface area contributed by atoms with Gasteiger partial charge >= 0.3 is 0 Å². The fourth-order valence-electron chi connectivity index (χ4n) is 2.40. The molecule has 1 heterocycles. The first-order valence-electron chi connectivity index (χ1n) is 6.44. The Balaban J connectivity index is 2.86. The van der Waals surface area contributed by atoms with E-state index in [4.69, 9.17) is 11.6 Å². The number of rotatable bonds is 6. The van der Waals surface area contributed by atoms with Crippen LogP contribution in [0.2, 0.25) is 5.02 Å². The SMILES string of the molecule is CCC(NC)C(C)Cc1c(Cl)c(C)nn1CC. The second kappa shape index (κ2) is 6.41. The number of aromatic nitrogens is 2. The molecule has 0 aliphatic rings. The third kappa shape index (κ3) is 3.23. The number of hydrogen-bond acceptors (Lipinski definition) is 2. The maximum Gasteiger partial charge on any atom is 0.0847 e. The molecule has 0 radical (unpaired) electrons. The van der Waals surface area contributed by atoms with Crippen LogP contribution in [0.3, 0.4) is 0 Å². The largest absolute Gasteiger partial charge is 0.317 e. The Labute approximate surface area is 110 Å². The van der Waals surface area contributed by atoms with Crippen LogP contribution >= 0.6 is 11.6 Å². The van der Waals surface area contributed by atoms with Crippen LogP contribution in [0.4, 0.5) is 0 Å². The van der Waals surface area contributed by atoms with Gasteiger partial charge in [0.1, 0.15) is 0 Å². The lowest BCUT2D eigenvalue weighted by Crippen LogP contribution is -2.32. The van der Waals surface area contributed by atoms with E-state index in [1.54, 1.807) is 0 Å². The molecular formula is C13H24ClN3. The quantitative estimate of drug-likeness (QED) is 0.849. The minimum absolute atomic E-state index is 0.534. The number of hydrogen-bond donors (Lipinski definition) is 1.